The molecule has 1 aromatic heterocycles. The van der Waals surface area contributed by atoms with Crippen LogP contribution in [0.4, 0.5) is 0 Å². The standard InChI is InChI=1S/C21H28ClN3O3S/c1-28-11-5-10-25-20(27)17-9-8-16(22)12-18(17)24-21(25)29-14-19(26)23-13-15-6-3-2-4-7-15/h8-9,12,15H,2-7,10-11,13-14H2,1H3,(H,23,26). The normalized spacial score (nSPS) is 15.0. The molecule has 2 aromatic rings. The van der Waals surface area contributed by atoms with E-state index >= 15 is 0 Å². The van der Waals surface area contributed by atoms with E-state index < -0.39 is 0 Å². The zero-order valence-corrected chi connectivity index (χ0v) is 18.4. The minimum atomic E-state index is -0.118. The summed E-state index contributed by atoms with van der Waals surface area (Å²) in [6.07, 6.45) is 6.90. The summed E-state index contributed by atoms with van der Waals surface area (Å²) < 4.78 is 6.74. The third-order valence-corrected chi connectivity index (χ3v) is 6.47. The Morgan fingerprint density at radius 2 is 2.14 bits per heavy atom. The van der Waals surface area contributed by atoms with E-state index in [9.17, 15) is 9.59 Å². The Kier molecular flexibility index (Phi) is 8.39. The number of hydrogen-bond donors (Lipinski definition) is 1. The van der Waals surface area contributed by atoms with Gasteiger partial charge in [-0.25, -0.2) is 4.98 Å². The van der Waals surface area contributed by atoms with Gasteiger partial charge in [-0.15, -0.1) is 0 Å². The lowest BCUT2D eigenvalue weighted by molar-refractivity contribution is -0.118. The predicted octanol–water partition coefficient (Wildman–Crippen LogP) is 3.88. The number of nitrogens with zero attached hydrogens (tertiary/aromatic N) is 2. The molecule has 1 aliphatic rings. The quantitative estimate of drug-likeness (QED) is 0.366. The van der Waals surface area contributed by atoms with Gasteiger partial charge in [0, 0.05) is 31.8 Å². The average molecular weight is 438 g/mol. The maximum atomic E-state index is 13.0. The van der Waals surface area contributed by atoms with Crippen molar-refractivity contribution in [3.05, 3.63) is 33.6 Å². The van der Waals surface area contributed by atoms with E-state index in [1.807, 2.05) is 0 Å². The Hall–Kier alpha value is -1.57. The number of nitrogens with one attached hydrogen (secondary N) is 1. The summed E-state index contributed by atoms with van der Waals surface area (Å²) >= 11 is 7.36. The Balaban J connectivity index is 1.70. The van der Waals surface area contributed by atoms with Gasteiger partial charge in [0.2, 0.25) is 5.91 Å². The molecule has 0 unspecified atom stereocenters. The van der Waals surface area contributed by atoms with Crippen molar-refractivity contribution in [2.75, 3.05) is 26.0 Å². The number of thioether (sulfide) groups is 1. The SMILES string of the molecule is COCCCn1c(SCC(=O)NCC2CCCCC2)nc2cc(Cl)ccc2c1=O. The molecule has 0 spiro atoms. The summed E-state index contributed by atoms with van der Waals surface area (Å²) in [6, 6.07) is 5.08. The van der Waals surface area contributed by atoms with Crippen LogP contribution < -0.4 is 10.9 Å². The molecule has 6 nitrogen and oxygen atoms in total. The summed E-state index contributed by atoms with van der Waals surface area (Å²) in [5, 5.41) is 4.63. The Bertz CT molecular complexity index is 897. The van der Waals surface area contributed by atoms with Crippen LogP contribution in [0, 0.1) is 5.92 Å². The van der Waals surface area contributed by atoms with E-state index in [4.69, 9.17) is 16.3 Å². The van der Waals surface area contributed by atoms with Gasteiger partial charge in [0.05, 0.1) is 16.7 Å². The van der Waals surface area contributed by atoms with Crippen LogP contribution in [0.15, 0.2) is 28.2 Å². The fourth-order valence-electron chi connectivity index (χ4n) is 3.68. The van der Waals surface area contributed by atoms with Crippen molar-refractivity contribution >= 4 is 40.2 Å². The Labute approximate surface area is 180 Å². The highest BCUT2D eigenvalue weighted by Gasteiger charge is 2.16. The molecule has 1 amide bonds. The lowest BCUT2D eigenvalue weighted by Crippen LogP contribution is -2.32. The van der Waals surface area contributed by atoms with Gasteiger partial charge in [-0.1, -0.05) is 42.6 Å². The number of fused-ring (bicyclic) bond motifs is 1. The second-order valence-corrected chi connectivity index (χ2v) is 8.83. The van der Waals surface area contributed by atoms with Crippen LogP contribution in [0.25, 0.3) is 10.9 Å². The Morgan fingerprint density at radius 3 is 2.90 bits per heavy atom. The third kappa shape index (κ3) is 6.20. The lowest BCUT2D eigenvalue weighted by Gasteiger charge is -2.21. The highest BCUT2D eigenvalue weighted by atomic mass is 35.5. The van der Waals surface area contributed by atoms with Crippen LogP contribution >= 0.6 is 23.4 Å². The van der Waals surface area contributed by atoms with Gasteiger partial charge in [-0.3, -0.25) is 14.2 Å². The largest absolute Gasteiger partial charge is 0.385 e. The summed E-state index contributed by atoms with van der Waals surface area (Å²) in [5.41, 5.74) is 0.434. The van der Waals surface area contributed by atoms with Crippen LogP contribution in [-0.2, 0) is 16.1 Å². The monoisotopic (exact) mass is 437 g/mol. The fourth-order valence-corrected chi connectivity index (χ4v) is 4.70. The summed E-state index contributed by atoms with van der Waals surface area (Å²) in [5.74, 6) is 0.797. The molecule has 0 radical (unpaired) electrons. The van der Waals surface area contributed by atoms with Crippen LogP contribution in [0.1, 0.15) is 38.5 Å². The molecule has 0 atom stereocenters. The molecule has 8 heteroatoms. The van der Waals surface area contributed by atoms with E-state index in [1.54, 1.807) is 29.9 Å². The van der Waals surface area contributed by atoms with Gasteiger partial charge in [-0.2, -0.15) is 0 Å². The van der Waals surface area contributed by atoms with Gasteiger partial charge < -0.3 is 10.1 Å². The second kappa shape index (κ2) is 11.0. The van der Waals surface area contributed by atoms with Gasteiger partial charge >= 0.3 is 0 Å². The van der Waals surface area contributed by atoms with E-state index in [0.717, 1.165) is 6.54 Å². The first-order valence-electron chi connectivity index (χ1n) is 10.2. The molecular weight excluding hydrogens is 410 g/mol. The zero-order chi connectivity index (χ0) is 20.6. The van der Waals surface area contributed by atoms with Crippen LogP contribution in [0.3, 0.4) is 0 Å². The van der Waals surface area contributed by atoms with Crippen molar-refractivity contribution in [1.29, 1.82) is 0 Å². The Morgan fingerprint density at radius 1 is 1.34 bits per heavy atom. The van der Waals surface area contributed by atoms with Crippen molar-refractivity contribution in [2.45, 2.75) is 50.2 Å². The van der Waals surface area contributed by atoms with E-state index in [2.05, 4.69) is 10.3 Å². The smallest absolute Gasteiger partial charge is 0.262 e. The third-order valence-electron chi connectivity index (χ3n) is 5.26. The van der Waals surface area contributed by atoms with Crippen LogP contribution in [0.2, 0.25) is 5.02 Å². The number of rotatable bonds is 9. The minimum Gasteiger partial charge on any atom is -0.385 e. The molecule has 1 heterocycles. The van der Waals surface area contributed by atoms with Crippen molar-refractivity contribution < 1.29 is 9.53 Å². The first kappa shape index (κ1) is 22.1. The molecule has 0 bridgehead atoms. The average Bonchev–Trinajstić information content (AvgIpc) is 2.73. The maximum absolute atomic E-state index is 13.0. The molecule has 1 N–H and O–H groups in total. The number of methoxy groups -OCH3 is 1. The van der Waals surface area contributed by atoms with Crippen molar-refractivity contribution in [3.63, 3.8) is 0 Å². The molecule has 0 saturated heterocycles. The fraction of sp³-hybridized carbons (Fsp3) is 0.571. The molecule has 29 heavy (non-hydrogen) atoms. The highest BCUT2D eigenvalue weighted by Crippen LogP contribution is 2.23. The number of hydrogen-bond acceptors (Lipinski definition) is 5. The first-order chi connectivity index (χ1) is 14.1. The summed E-state index contributed by atoms with van der Waals surface area (Å²) in [4.78, 5) is 29.9. The van der Waals surface area contributed by atoms with Gasteiger partial charge in [0.15, 0.2) is 5.16 Å². The van der Waals surface area contributed by atoms with Gasteiger partial charge in [0.1, 0.15) is 0 Å². The molecule has 1 saturated carbocycles. The van der Waals surface area contributed by atoms with Crippen LogP contribution in [-0.4, -0.2) is 41.5 Å². The maximum Gasteiger partial charge on any atom is 0.262 e. The number of carbonyl (C=O) groups is 1. The highest BCUT2D eigenvalue weighted by molar-refractivity contribution is 7.99. The summed E-state index contributed by atoms with van der Waals surface area (Å²) in [6.45, 7) is 1.78. The second-order valence-electron chi connectivity index (χ2n) is 7.46. The molecule has 1 fully saturated rings. The topological polar surface area (TPSA) is 73.2 Å². The molecular formula is C21H28ClN3O3S. The number of carbonyl (C=O) groups excluding carboxylic acids is 1. The molecule has 1 aromatic carbocycles. The van der Waals surface area contributed by atoms with E-state index in [0.29, 0.717) is 46.6 Å². The summed E-state index contributed by atoms with van der Waals surface area (Å²) in [7, 11) is 1.63. The number of benzene rings is 1. The van der Waals surface area contributed by atoms with Crippen LogP contribution in [0.5, 0.6) is 0 Å². The van der Waals surface area contributed by atoms with E-state index in [1.165, 1.54) is 43.9 Å². The van der Waals surface area contributed by atoms with E-state index in [-0.39, 0.29) is 17.2 Å². The molecule has 3 rings (SSSR count). The lowest BCUT2D eigenvalue weighted by atomic mass is 9.89. The van der Waals surface area contributed by atoms with Gasteiger partial charge in [0.25, 0.3) is 5.56 Å². The number of amides is 1. The zero-order valence-electron chi connectivity index (χ0n) is 16.8. The molecule has 0 aliphatic heterocycles. The number of ether oxygens (including phenoxy) is 1. The number of aromatic nitrogens is 2. The predicted molar refractivity (Wildman–Crippen MR) is 118 cm³/mol. The first-order valence-corrected chi connectivity index (χ1v) is 11.5. The number of halogens is 1. The van der Waals surface area contributed by atoms with Gasteiger partial charge in [-0.05, 0) is 43.4 Å². The minimum absolute atomic E-state index is 0.0237. The molecule has 158 valence electrons. The van der Waals surface area contributed by atoms with Crippen molar-refractivity contribution in [2.24, 2.45) is 5.92 Å². The van der Waals surface area contributed by atoms with Crippen molar-refractivity contribution in [1.82, 2.24) is 14.9 Å². The molecule has 1 aliphatic carbocycles. The van der Waals surface area contributed by atoms with Crippen molar-refractivity contribution in [3.8, 4) is 0 Å².